The Morgan fingerprint density at radius 1 is 1.15 bits per heavy atom. The number of aliphatic imine (C=N–C) groups is 1. The van der Waals surface area contributed by atoms with Crippen molar-refractivity contribution in [3.63, 3.8) is 0 Å². The number of aryl methyl sites for hydroxylation is 4. The number of hydrogen-bond acceptors (Lipinski definition) is 3. The molecule has 0 saturated heterocycles. The minimum atomic E-state index is 0.630. The van der Waals surface area contributed by atoms with Crippen LogP contribution in [0.3, 0.4) is 0 Å². The predicted molar refractivity (Wildman–Crippen MR) is 113 cm³/mol. The summed E-state index contributed by atoms with van der Waals surface area (Å²) in [5.74, 6) is 0.630. The topological polar surface area (TPSA) is 37.7 Å². The molecule has 1 heterocycles. The molecule has 4 nitrogen and oxygen atoms in total. The fourth-order valence-electron chi connectivity index (χ4n) is 2.68. The first-order chi connectivity index (χ1) is 12.4. The molecule has 0 radical (unpaired) electrons. The molecule has 0 atom stereocenters. The third kappa shape index (κ3) is 6.13. The average molecular weight is 418 g/mol. The highest BCUT2D eigenvalue weighted by Crippen LogP contribution is 2.29. The van der Waals surface area contributed by atoms with Crippen molar-refractivity contribution in [3.8, 4) is 5.88 Å². The van der Waals surface area contributed by atoms with Crippen LogP contribution in [0.5, 0.6) is 5.88 Å². The number of rotatable bonds is 8. The molecule has 26 heavy (non-hydrogen) atoms. The summed E-state index contributed by atoms with van der Waals surface area (Å²) in [7, 11) is 1.99. The van der Waals surface area contributed by atoms with Crippen molar-refractivity contribution >= 4 is 28.0 Å². The lowest BCUT2D eigenvalue weighted by Gasteiger charge is -2.11. The number of ether oxygens (including phenoxy) is 1. The number of benzene rings is 1. The zero-order chi connectivity index (χ0) is 19.1. The molecule has 5 heteroatoms. The quantitative estimate of drug-likeness (QED) is 0.328. The Morgan fingerprint density at radius 3 is 2.50 bits per heavy atom. The smallest absolute Gasteiger partial charge is 0.228 e. The summed E-state index contributed by atoms with van der Waals surface area (Å²) in [6, 6.07) is 8.64. The second kappa shape index (κ2) is 9.72. The fraction of sp³-hybridized carbons (Fsp3) is 0.429. The van der Waals surface area contributed by atoms with Crippen molar-refractivity contribution in [2.24, 2.45) is 4.99 Å². The van der Waals surface area contributed by atoms with Gasteiger partial charge in [-0.3, -0.25) is 0 Å². The van der Waals surface area contributed by atoms with Gasteiger partial charge in [-0.15, -0.1) is 0 Å². The van der Waals surface area contributed by atoms with E-state index in [1.54, 1.807) is 0 Å². The van der Waals surface area contributed by atoms with Crippen molar-refractivity contribution in [1.82, 2.24) is 9.88 Å². The molecule has 2 aromatic rings. The van der Waals surface area contributed by atoms with E-state index in [4.69, 9.17) is 4.74 Å². The lowest BCUT2D eigenvalue weighted by atomic mass is 10.0. The van der Waals surface area contributed by atoms with E-state index in [1.807, 2.05) is 31.3 Å². The van der Waals surface area contributed by atoms with Crippen LogP contribution >= 0.6 is 15.9 Å². The maximum absolute atomic E-state index is 5.88. The summed E-state index contributed by atoms with van der Waals surface area (Å²) < 4.78 is 6.72. The van der Waals surface area contributed by atoms with E-state index in [0.717, 1.165) is 35.2 Å². The van der Waals surface area contributed by atoms with E-state index in [9.17, 15) is 0 Å². The van der Waals surface area contributed by atoms with Crippen LogP contribution in [-0.4, -0.2) is 36.4 Å². The molecular formula is C21H28BrN3O. The first kappa shape index (κ1) is 20.4. The van der Waals surface area contributed by atoms with Crippen LogP contribution in [0.4, 0.5) is 5.69 Å². The van der Waals surface area contributed by atoms with Crippen LogP contribution in [0.25, 0.3) is 0 Å². The zero-order valence-corrected chi connectivity index (χ0v) is 17.9. The van der Waals surface area contributed by atoms with E-state index in [2.05, 4.69) is 64.9 Å². The largest absolute Gasteiger partial charge is 0.477 e. The lowest BCUT2D eigenvalue weighted by Crippen LogP contribution is -2.14. The normalized spacial score (nSPS) is 11.2. The summed E-state index contributed by atoms with van der Waals surface area (Å²) in [6.45, 7) is 9.87. The Balaban J connectivity index is 1.93. The van der Waals surface area contributed by atoms with E-state index in [1.165, 1.54) is 16.7 Å². The highest BCUT2D eigenvalue weighted by molar-refractivity contribution is 9.10. The van der Waals surface area contributed by atoms with Crippen molar-refractivity contribution in [3.05, 3.63) is 51.1 Å². The van der Waals surface area contributed by atoms with Gasteiger partial charge in [0.1, 0.15) is 0 Å². The molecule has 0 spiro atoms. The molecule has 0 aliphatic heterocycles. The average Bonchev–Trinajstić information content (AvgIpc) is 2.58. The van der Waals surface area contributed by atoms with Crippen molar-refractivity contribution in [2.45, 2.75) is 40.5 Å². The Bertz CT molecular complexity index is 754. The molecule has 0 fully saturated rings. The maximum Gasteiger partial charge on any atom is 0.228 e. The minimum absolute atomic E-state index is 0.630. The summed E-state index contributed by atoms with van der Waals surface area (Å²) in [4.78, 5) is 11.1. The van der Waals surface area contributed by atoms with Gasteiger partial charge >= 0.3 is 0 Å². The van der Waals surface area contributed by atoms with Crippen molar-refractivity contribution in [2.75, 3.05) is 20.2 Å². The molecule has 0 aliphatic rings. The van der Waals surface area contributed by atoms with E-state index >= 15 is 0 Å². The monoisotopic (exact) mass is 417 g/mol. The van der Waals surface area contributed by atoms with Crippen LogP contribution in [0, 0.1) is 20.8 Å². The summed E-state index contributed by atoms with van der Waals surface area (Å²) >= 11 is 3.55. The van der Waals surface area contributed by atoms with Crippen LogP contribution < -0.4 is 4.74 Å². The first-order valence-corrected chi connectivity index (χ1v) is 9.80. The molecule has 0 N–H and O–H groups in total. The third-order valence-electron chi connectivity index (χ3n) is 4.13. The number of hydrogen-bond donors (Lipinski definition) is 0. The second-order valence-corrected chi connectivity index (χ2v) is 7.50. The molecule has 0 saturated carbocycles. The summed E-state index contributed by atoms with van der Waals surface area (Å²) in [6.07, 6.45) is 3.78. The lowest BCUT2D eigenvalue weighted by molar-refractivity contribution is 0.297. The zero-order valence-electron chi connectivity index (χ0n) is 16.3. The third-order valence-corrected chi connectivity index (χ3v) is 4.70. The standard InChI is InChI=1S/C21H28BrN3O/c1-6-25(5)14-23-20-13-19(22)21(24-17(20)4)26-9-7-8-18-11-15(2)10-16(3)12-18/h10-14H,6-9H2,1-5H3/b23-14+. The Labute approximate surface area is 165 Å². The van der Waals surface area contributed by atoms with Crippen LogP contribution in [-0.2, 0) is 6.42 Å². The summed E-state index contributed by atoms with van der Waals surface area (Å²) in [5, 5.41) is 0. The van der Waals surface area contributed by atoms with E-state index < -0.39 is 0 Å². The first-order valence-electron chi connectivity index (χ1n) is 9.00. The molecular weight excluding hydrogens is 390 g/mol. The highest BCUT2D eigenvalue weighted by Gasteiger charge is 2.08. The molecule has 0 amide bonds. The number of aromatic nitrogens is 1. The molecule has 1 aromatic carbocycles. The molecule has 1 aromatic heterocycles. The molecule has 140 valence electrons. The number of pyridine rings is 1. The van der Waals surface area contributed by atoms with E-state index in [0.29, 0.717) is 12.5 Å². The second-order valence-electron chi connectivity index (χ2n) is 6.65. The molecule has 0 bridgehead atoms. The summed E-state index contributed by atoms with van der Waals surface area (Å²) in [5.41, 5.74) is 5.69. The van der Waals surface area contributed by atoms with Crippen molar-refractivity contribution < 1.29 is 4.74 Å². The Morgan fingerprint density at radius 2 is 1.85 bits per heavy atom. The van der Waals surface area contributed by atoms with Gasteiger partial charge in [-0.25, -0.2) is 9.98 Å². The number of nitrogens with zero attached hydrogens (tertiary/aromatic N) is 3. The number of halogens is 1. The molecule has 2 rings (SSSR count). The van der Waals surface area contributed by atoms with E-state index in [-0.39, 0.29) is 0 Å². The van der Waals surface area contributed by atoms with Gasteiger partial charge in [-0.1, -0.05) is 29.3 Å². The van der Waals surface area contributed by atoms with Crippen LogP contribution in [0.15, 0.2) is 33.7 Å². The SMILES string of the molecule is CCN(C)/C=N/c1cc(Br)c(OCCCc2cc(C)cc(C)c2)nc1C. The van der Waals surface area contributed by atoms with Gasteiger partial charge in [0.05, 0.1) is 28.8 Å². The predicted octanol–water partition coefficient (Wildman–Crippen LogP) is 5.39. The van der Waals surface area contributed by atoms with Crippen molar-refractivity contribution in [1.29, 1.82) is 0 Å². The van der Waals surface area contributed by atoms with Gasteiger partial charge in [0.25, 0.3) is 0 Å². The Hall–Kier alpha value is -1.88. The van der Waals surface area contributed by atoms with Gasteiger partial charge < -0.3 is 9.64 Å². The Kier molecular flexibility index (Phi) is 7.64. The van der Waals surface area contributed by atoms with Gasteiger partial charge in [0.2, 0.25) is 5.88 Å². The molecule has 0 unspecified atom stereocenters. The minimum Gasteiger partial charge on any atom is -0.477 e. The van der Waals surface area contributed by atoms with Gasteiger partial charge in [0, 0.05) is 13.6 Å². The van der Waals surface area contributed by atoms with Gasteiger partial charge in [-0.05, 0) is 68.1 Å². The van der Waals surface area contributed by atoms with Gasteiger partial charge in [-0.2, -0.15) is 0 Å². The highest BCUT2D eigenvalue weighted by atomic mass is 79.9. The van der Waals surface area contributed by atoms with Crippen LogP contribution in [0.1, 0.15) is 35.7 Å². The molecule has 0 aliphatic carbocycles. The fourth-order valence-corrected chi connectivity index (χ4v) is 3.10. The maximum atomic E-state index is 5.88. The van der Waals surface area contributed by atoms with Gasteiger partial charge in [0.15, 0.2) is 0 Å². The van der Waals surface area contributed by atoms with Crippen LogP contribution in [0.2, 0.25) is 0 Å².